The first-order valence-electron chi connectivity index (χ1n) is 13.1. The van der Waals surface area contributed by atoms with E-state index in [2.05, 4.69) is 30.4 Å². The Balaban J connectivity index is 0.00000150. The standard InChI is InChI=1S/C25H27F3N2.2C3H6.C2H6/c1-6-9-18(4)19(5)24-22(29-16-20(7-2)25(26,27)28)10-8-11-23(24)30-21-14-12-17(3)13-15-21;1-2-3-1;1-3-2;1-2/h7-16,29-30H,2,5-6H2,1,3-4H3;1-3H2;3H,1H2,2H3;1-2H3/b18-9-,20-16+;;;. The number of allylic oxidation sites excluding steroid dienone is 6. The first-order valence-corrected chi connectivity index (χ1v) is 13.1. The summed E-state index contributed by atoms with van der Waals surface area (Å²) in [5.74, 6) is 0. The Hall–Kier alpha value is -3.47. The van der Waals surface area contributed by atoms with Gasteiger partial charge in [-0.05, 0) is 62.6 Å². The number of anilines is 3. The van der Waals surface area contributed by atoms with Crippen molar-refractivity contribution in [3.63, 3.8) is 0 Å². The van der Waals surface area contributed by atoms with Crippen molar-refractivity contribution in [2.75, 3.05) is 10.6 Å². The lowest BCUT2D eigenvalue weighted by Gasteiger charge is -2.19. The lowest BCUT2D eigenvalue weighted by atomic mass is 9.96. The van der Waals surface area contributed by atoms with Crippen molar-refractivity contribution in [3.05, 3.63) is 109 Å². The molecule has 0 aliphatic heterocycles. The molecule has 0 amide bonds. The summed E-state index contributed by atoms with van der Waals surface area (Å²) in [6.07, 6.45) is 6.35. The quantitative estimate of drug-likeness (QED) is 0.264. The molecule has 1 aliphatic rings. The molecule has 3 rings (SSSR count). The van der Waals surface area contributed by atoms with Crippen LogP contribution in [0.15, 0.2) is 97.8 Å². The van der Waals surface area contributed by atoms with Crippen LogP contribution in [0.4, 0.5) is 30.2 Å². The molecular formula is C33H45F3N2. The molecule has 0 unspecified atom stereocenters. The van der Waals surface area contributed by atoms with Gasteiger partial charge in [-0.15, -0.1) is 6.58 Å². The van der Waals surface area contributed by atoms with Crippen molar-refractivity contribution in [1.29, 1.82) is 0 Å². The molecule has 2 N–H and O–H groups in total. The van der Waals surface area contributed by atoms with Crippen molar-refractivity contribution in [2.45, 2.75) is 73.4 Å². The Kier molecular flexibility index (Phi) is 17.0. The first kappa shape index (κ1) is 34.5. The largest absolute Gasteiger partial charge is 0.417 e. The van der Waals surface area contributed by atoms with E-state index in [1.807, 2.05) is 78.0 Å². The van der Waals surface area contributed by atoms with Gasteiger partial charge in [0.1, 0.15) is 0 Å². The molecule has 38 heavy (non-hydrogen) atoms. The smallest absolute Gasteiger partial charge is 0.361 e. The van der Waals surface area contributed by atoms with Crippen LogP contribution >= 0.6 is 0 Å². The second-order valence-corrected chi connectivity index (χ2v) is 8.41. The highest BCUT2D eigenvalue weighted by atomic mass is 19.4. The predicted octanol–water partition coefficient (Wildman–Crippen LogP) is 11.5. The Labute approximate surface area is 228 Å². The topological polar surface area (TPSA) is 24.1 Å². The minimum absolute atomic E-state index is 0.518. The molecule has 1 saturated carbocycles. The lowest BCUT2D eigenvalue weighted by molar-refractivity contribution is -0.0882. The number of hydrogen-bond acceptors (Lipinski definition) is 2. The Morgan fingerprint density at radius 2 is 1.50 bits per heavy atom. The van der Waals surface area contributed by atoms with E-state index in [0.29, 0.717) is 11.3 Å². The molecule has 1 fully saturated rings. The van der Waals surface area contributed by atoms with Gasteiger partial charge in [0.05, 0.1) is 5.57 Å². The minimum Gasteiger partial charge on any atom is -0.361 e. The average molecular weight is 527 g/mol. The normalized spacial score (nSPS) is 12.2. The Morgan fingerprint density at radius 3 is 1.95 bits per heavy atom. The van der Waals surface area contributed by atoms with Crippen LogP contribution in [0, 0.1) is 6.92 Å². The molecule has 0 radical (unpaired) electrons. The molecule has 2 aromatic rings. The SMILES string of the molecule is C1CC1.C=C/C(=C\Nc1cccc(Nc2ccc(C)cc2)c1C(=C)/C(C)=C\CC)C(F)(F)F.C=CC.CC. The number of halogens is 3. The number of benzene rings is 2. The summed E-state index contributed by atoms with van der Waals surface area (Å²) in [6.45, 7) is 22.7. The molecule has 208 valence electrons. The van der Waals surface area contributed by atoms with Gasteiger partial charge in [-0.2, -0.15) is 13.2 Å². The average Bonchev–Trinajstić information content (AvgIpc) is 3.76. The highest BCUT2D eigenvalue weighted by molar-refractivity contribution is 5.92. The van der Waals surface area contributed by atoms with Gasteiger partial charge < -0.3 is 10.6 Å². The van der Waals surface area contributed by atoms with Crippen molar-refractivity contribution in [3.8, 4) is 0 Å². The minimum atomic E-state index is -4.48. The van der Waals surface area contributed by atoms with Gasteiger partial charge in [-0.1, -0.05) is 95.2 Å². The number of nitrogens with one attached hydrogen (secondary N) is 2. The third-order valence-electron chi connectivity index (χ3n) is 4.97. The molecule has 1 aliphatic carbocycles. The molecule has 0 saturated heterocycles. The van der Waals surface area contributed by atoms with Gasteiger partial charge in [-0.3, -0.25) is 0 Å². The summed E-state index contributed by atoms with van der Waals surface area (Å²) >= 11 is 0. The van der Waals surface area contributed by atoms with Crippen LogP contribution in [0.1, 0.15) is 71.4 Å². The molecule has 2 aromatic carbocycles. The van der Waals surface area contributed by atoms with Crippen molar-refractivity contribution in [2.24, 2.45) is 0 Å². The molecule has 0 heterocycles. The van der Waals surface area contributed by atoms with Gasteiger partial charge in [0, 0.05) is 28.8 Å². The van der Waals surface area contributed by atoms with E-state index in [-0.39, 0.29) is 0 Å². The fourth-order valence-corrected chi connectivity index (χ4v) is 2.93. The summed E-state index contributed by atoms with van der Waals surface area (Å²) < 4.78 is 39.3. The summed E-state index contributed by atoms with van der Waals surface area (Å²) in [5, 5.41) is 6.16. The molecule has 0 atom stereocenters. The number of alkyl halides is 3. The molecule has 0 bridgehead atoms. The Morgan fingerprint density at radius 1 is 0.974 bits per heavy atom. The van der Waals surface area contributed by atoms with E-state index in [9.17, 15) is 13.2 Å². The van der Waals surface area contributed by atoms with E-state index in [1.165, 1.54) is 19.3 Å². The van der Waals surface area contributed by atoms with Crippen LogP contribution in [0.3, 0.4) is 0 Å². The molecule has 5 heteroatoms. The van der Waals surface area contributed by atoms with Gasteiger partial charge in [-0.25, -0.2) is 0 Å². The van der Waals surface area contributed by atoms with E-state index in [4.69, 9.17) is 0 Å². The number of aryl methyl sites for hydroxylation is 1. The van der Waals surface area contributed by atoms with Crippen molar-refractivity contribution >= 4 is 22.6 Å². The van der Waals surface area contributed by atoms with E-state index < -0.39 is 11.7 Å². The maximum absolute atomic E-state index is 13.1. The maximum Gasteiger partial charge on any atom is 0.417 e. The van der Waals surface area contributed by atoms with E-state index >= 15 is 0 Å². The highest BCUT2D eigenvalue weighted by Gasteiger charge is 2.31. The fourth-order valence-electron chi connectivity index (χ4n) is 2.93. The highest BCUT2D eigenvalue weighted by Crippen LogP contribution is 2.37. The maximum atomic E-state index is 13.1. The zero-order chi connectivity index (χ0) is 29.1. The first-order chi connectivity index (χ1) is 18.1. The molecular weight excluding hydrogens is 481 g/mol. The predicted molar refractivity (Wildman–Crippen MR) is 163 cm³/mol. The van der Waals surface area contributed by atoms with Gasteiger partial charge in [0.25, 0.3) is 0 Å². The molecule has 0 aromatic heterocycles. The molecule has 0 spiro atoms. The third kappa shape index (κ3) is 13.2. The second-order valence-electron chi connectivity index (χ2n) is 8.41. The monoisotopic (exact) mass is 526 g/mol. The summed E-state index contributed by atoms with van der Waals surface area (Å²) in [7, 11) is 0. The van der Waals surface area contributed by atoms with Crippen LogP contribution < -0.4 is 10.6 Å². The van der Waals surface area contributed by atoms with Crippen molar-refractivity contribution in [1.82, 2.24) is 0 Å². The van der Waals surface area contributed by atoms with Crippen molar-refractivity contribution < 1.29 is 13.2 Å². The fraction of sp³-hybridized carbons (Fsp3) is 0.333. The van der Waals surface area contributed by atoms with Crippen LogP contribution in [0.2, 0.25) is 0 Å². The van der Waals surface area contributed by atoms with Crippen LogP contribution in [0.5, 0.6) is 0 Å². The number of rotatable bonds is 8. The van der Waals surface area contributed by atoms with Crippen LogP contribution in [-0.2, 0) is 0 Å². The summed E-state index contributed by atoms with van der Waals surface area (Å²) in [4.78, 5) is 0. The van der Waals surface area contributed by atoms with Crippen LogP contribution in [0.25, 0.3) is 5.57 Å². The second kappa shape index (κ2) is 18.7. The van der Waals surface area contributed by atoms with E-state index in [1.54, 1.807) is 18.2 Å². The third-order valence-corrected chi connectivity index (χ3v) is 4.97. The van der Waals surface area contributed by atoms with E-state index in [0.717, 1.165) is 46.8 Å². The zero-order valence-corrected chi connectivity index (χ0v) is 23.9. The van der Waals surface area contributed by atoms with Gasteiger partial charge in [0.2, 0.25) is 0 Å². The van der Waals surface area contributed by atoms with Crippen LogP contribution in [-0.4, -0.2) is 6.18 Å². The zero-order valence-electron chi connectivity index (χ0n) is 23.9. The molecule has 2 nitrogen and oxygen atoms in total. The Bertz CT molecular complexity index is 1050. The summed E-state index contributed by atoms with van der Waals surface area (Å²) in [5.41, 5.74) is 4.83. The van der Waals surface area contributed by atoms with Gasteiger partial charge >= 0.3 is 6.18 Å². The van der Waals surface area contributed by atoms with Gasteiger partial charge in [0.15, 0.2) is 0 Å². The lowest BCUT2D eigenvalue weighted by Crippen LogP contribution is -2.11. The summed E-state index contributed by atoms with van der Waals surface area (Å²) in [6, 6.07) is 13.3. The number of hydrogen-bond donors (Lipinski definition) is 2.